The molecular weight excluding hydrogens is 480 g/mol. The second-order valence-electron chi connectivity index (χ2n) is 8.76. The average Bonchev–Trinajstić information content (AvgIpc) is 3.26. The number of methoxy groups -OCH3 is 1. The zero-order valence-electron chi connectivity index (χ0n) is 21.1. The van der Waals surface area contributed by atoms with Crippen molar-refractivity contribution in [1.29, 1.82) is 0 Å². The molecule has 2 heterocycles. The Morgan fingerprint density at radius 3 is 2.47 bits per heavy atom. The molecule has 0 spiro atoms. The summed E-state index contributed by atoms with van der Waals surface area (Å²) in [5.41, 5.74) is 12.0. The molecule has 0 bridgehead atoms. The molecule has 0 fully saturated rings. The largest absolute Gasteiger partial charge is 0.457 e. The highest BCUT2D eigenvalue weighted by Gasteiger charge is 2.17. The first kappa shape index (κ1) is 24.9. The van der Waals surface area contributed by atoms with Crippen molar-refractivity contribution in [2.24, 2.45) is 5.73 Å². The van der Waals surface area contributed by atoms with Gasteiger partial charge in [-0.3, -0.25) is 0 Å². The molecule has 0 radical (unpaired) electrons. The summed E-state index contributed by atoms with van der Waals surface area (Å²) in [6.07, 6.45) is 3.47. The van der Waals surface area contributed by atoms with Gasteiger partial charge in [0.25, 0.3) is 0 Å². The van der Waals surface area contributed by atoms with Gasteiger partial charge in [0.1, 0.15) is 24.1 Å². The molecule has 4 N–H and O–H groups in total. The molecule has 2 amide bonds. The Labute approximate surface area is 220 Å². The van der Waals surface area contributed by atoms with Crippen molar-refractivity contribution in [1.82, 2.24) is 14.6 Å². The van der Waals surface area contributed by atoms with E-state index in [9.17, 15) is 4.79 Å². The van der Waals surface area contributed by atoms with Crippen molar-refractivity contribution in [2.45, 2.75) is 19.6 Å². The number of carbonyl (C=O) groups excluding carboxylic acids is 1. The number of hydrogen-bond donors (Lipinski definition) is 3. The molecule has 0 aliphatic heterocycles. The number of benzene rings is 3. The molecular formula is C29H28N6O3. The summed E-state index contributed by atoms with van der Waals surface area (Å²) in [5.74, 6) is 1.35. The molecule has 5 aromatic rings. The van der Waals surface area contributed by atoms with Crippen molar-refractivity contribution in [3.63, 3.8) is 0 Å². The maximum absolute atomic E-state index is 12.7. The maximum Gasteiger partial charge on any atom is 0.323 e. The van der Waals surface area contributed by atoms with E-state index in [1.54, 1.807) is 19.2 Å². The number of carbonyl (C=O) groups is 1. The predicted octanol–water partition coefficient (Wildman–Crippen LogP) is 5.61. The van der Waals surface area contributed by atoms with Gasteiger partial charge < -0.3 is 25.8 Å². The third-order valence-corrected chi connectivity index (χ3v) is 6.04. The Morgan fingerprint density at radius 2 is 1.71 bits per heavy atom. The first-order valence-electron chi connectivity index (χ1n) is 12.1. The summed E-state index contributed by atoms with van der Waals surface area (Å²) in [7, 11) is 1.57. The Hall–Kier alpha value is -4.73. The Kier molecular flexibility index (Phi) is 7.30. The van der Waals surface area contributed by atoms with Gasteiger partial charge in [0, 0.05) is 42.7 Å². The number of nitrogens with zero attached hydrogens (tertiary/aromatic N) is 3. The van der Waals surface area contributed by atoms with Crippen LogP contribution in [-0.2, 0) is 11.2 Å². The molecule has 3 aromatic carbocycles. The number of nitrogens with two attached hydrogens (primary N) is 1. The molecule has 5 rings (SSSR count). The molecule has 38 heavy (non-hydrogen) atoms. The number of rotatable bonds is 8. The van der Waals surface area contributed by atoms with Gasteiger partial charge >= 0.3 is 6.03 Å². The van der Waals surface area contributed by atoms with Crippen molar-refractivity contribution in [3.05, 3.63) is 103 Å². The molecule has 2 aromatic heterocycles. The van der Waals surface area contributed by atoms with Crippen LogP contribution in [0.3, 0.4) is 0 Å². The van der Waals surface area contributed by atoms with Crippen LogP contribution in [0, 0.1) is 6.92 Å². The standard InChI is InChI=1S/C29H28N6O3/c1-19-17-35-28(25(31-18-32-35)16-26(30)37-2)27(19)20-11-13-21(14-12-20)33-29(36)34-22-7-6-10-24(15-22)38-23-8-4-3-5-9-23/h3-15,17-18,26H,16,30H2,1-2H3,(H2,33,34,36). The van der Waals surface area contributed by atoms with E-state index in [4.69, 9.17) is 15.2 Å². The van der Waals surface area contributed by atoms with Crippen molar-refractivity contribution >= 4 is 22.9 Å². The van der Waals surface area contributed by atoms with E-state index in [0.29, 0.717) is 23.5 Å². The quantitative estimate of drug-likeness (QED) is 0.235. The molecule has 1 unspecified atom stereocenters. The number of para-hydroxylation sites is 1. The second-order valence-corrected chi connectivity index (χ2v) is 8.76. The van der Waals surface area contributed by atoms with E-state index in [1.165, 1.54) is 6.33 Å². The van der Waals surface area contributed by atoms with Gasteiger partial charge in [-0.1, -0.05) is 36.4 Å². The minimum atomic E-state index is -0.465. The third kappa shape index (κ3) is 5.64. The fourth-order valence-corrected chi connectivity index (χ4v) is 4.26. The van der Waals surface area contributed by atoms with E-state index in [-0.39, 0.29) is 6.03 Å². The van der Waals surface area contributed by atoms with Crippen LogP contribution in [0.2, 0.25) is 0 Å². The lowest BCUT2D eigenvalue weighted by Crippen LogP contribution is -2.25. The van der Waals surface area contributed by atoms with E-state index < -0.39 is 6.23 Å². The van der Waals surface area contributed by atoms with Gasteiger partial charge in [0.2, 0.25) is 0 Å². The topological polar surface area (TPSA) is 116 Å². The highest BCUT2D eigenvalue weighted by atomic mass is 16.5. The Morgan fingerprint density at radius 1 is 0.974 bits per heavy atom. The van der Waals surface area contributed by atoms with Crippen molar-refractivity contribution in [2.75, 3.05) is 17.7 Å². The first-order valence-corrected chi connectivity index (χ1v) is 12.1. The monoisotopic (exact) mass is 508 g/mol. The zero-order chi connectivity index (χ0) is 26.5. The summed E-state index contributed by atoms with van der Waals surface area (Å²) in [6.45, 7) is 2.03. The van der Waals surface area contributed by atoms with Crippen LogP contribution in [-0.4, -0.2) is 34.0 Å². The van der Waals surface area contributed by atoms with Gasteiger partial charge in [0.15, 0.2) is 0 Å². The van der Waals surface area contributed by atoms with Crippen LogP contribution < -0.4 is 21.1 Å². The predicted molar refractivity (Wildman–Crippen MR) is 147 cm³/mol. The van der Waals surface area contributed by atoms with E-state index >= 15 is 0 Å². The molecule has 1 atom stereocenters. The molecule has 0 aliphatic rings. The van der Waals surface area contributed by atoms with Crippen molar-refractivity contribution < 1.29 is 14.3 Å². The molecule has 192 valence electrons. The smallest absolute Gasteiger partial charge is 0.323 e. The molecule has 9 heteroatoms. The van der Waals surface area contributed by atoms with E-state index in [2.05, 4.69) is 20.7 Å². The minimum absolute atomic E-state index is 0.357. The number of hydrogen-bond acceptors (Lipinski definition) is 6. The number of fused-ring (bicyclic) bond motifs is 1. The van der Waals surface area contributed by atoms with Gasteiger partial charge in [-0.05, 0) is 54.4 Å². The van der Waals surface area contributed by atoms with Crippen LogP contribution in [0.25, 0.3) is 16.6 Å². The Bertz CT molecular complexity index is 1550. The number of urea groups is 1. The lowest BCUT2D eigenvalue weighted by atomic mass is 10.0. The van der Waals surface area contributed by atoms with Gasteiger partial charge in [-0.2, -0.15) is 5.10 Å². The van der Waals surface area contributed by atoms with Crippen LogP contribution in [0.1, 0.15) is 11.3 Å². The molecule has 0 saturated heterocycles. The fourth-order valence-electron chi connectivity index (χ4n) is 4.26. The number of aryl methyl sites for hydroxylation is 1. The van der Waals surface area contributed by atoms with E-state index in [1.807, 2.05) is 84.4 Å². The zero-order valence-corrected chi connectivity index (χ0v) is 21.1. The van der Waals surface area contributed by atoms with Crippen LogP contribution >= 0.6 is 0 Å². The minimum Gasteiger partial charge on any atom is -0.457 e. The highest BCUT2D eigenvalue weighted by molar-refractivity contribution is 6.00. The number of ether oxygens (including phenoxy) is 2. The van der Waals surface area contributed by atoms with Crippen LogP contribution in [0.4, 0.5) is 16.2 Å². The van der Waals surface area contributed by atoms with Gasteiger partial charge in [-0.15, -0.1) is 0 Å². The average molecular weight is 509 g/mol. The summed E-state index contributed by atoms with van der Waals surface area (Å²) in [4.78, 5) is 17.1. The fraction of sp³-hybridized carbons (Fsp3) is 0.138. The number of anilines is 2. The van der Waals surface area contributed by atoms with Crippen LogP contribution in [0.15, 0.2) is 91.4 Å². The summed E-state index contributed by atoms with van der Waals surface area (Å²) < 4.78 is 12.9. The first-order chi connectivity index (χ1) is 18.5. The Balaban J connectivity index is 1.30. The summed E-state index contributed by atoms with van der Waals surface area (Å²) in [5, 5.41) is 10.1. The third-order valence-electron chi connectivity index (χ3n) is 6.04. The highest BCUT2D eigenvalue weighted by Crippen LogP contribution is 2.32. The molecule has 0 saturated carbocycles. The lowest BCUT2D eigenvalue weighted by Gasteiger charge is -2.12. The number of nitrogens with one attached hydrogen (secondary N) is 2. The summed E-state index contributed by atoms with van der Waals surface area (Å²) in [6, 6.07) is 24.0. The molecule has 9 nitrogen and oxygen atoms in total. The number of amides is 2. The van der Waals surface area contributed by atoms with Gasteiger partial charge in [-0.25, -0.2) is 14.3 Å². The van der Waals surface area contributed by atoms with Crippen molar-refractivity contribution in [3.8, 4) is 22.6 Å². The molecule has 0 aliphatic carbocycles. The SMILES string of the molecule is COC(N)Cc1ncnn2cc(C)c(-c3ccc(NC(=O)Nc4cccc(Oc5ccccc5)c4)cc3)c12. The second kappa shape index (κ2) is 11.1. The lowest BCUT2D eigenvalue weighted by molar-refractivity contribution is 0.108. The van der Waals surface area contributed by atoms with Gasteiger partial charge in [0.05, 0.1) is 11.2 Å². The van der Waals surface area contributed by atoms with Crippen LogP contribution in [0.5, 0.6) is 11.5 Å². The summed E-state index contributed by atoms with van der Waals surface area (Å²) >= 11 is 0. The normalized spacial score (nSPS) is 11.8. The van der Waals surface area contributed by atoms with E-state index in [0.717, 1.165) is 33.7 Å². The number of aromatic nitrogens is 3. The maximum atomic E-state index is 12.7.